The molecular weight excluding hydrogens is 376 g/mol. The van der Waals surface area contributed by atoms with Gasteiger partial charge in [0.2, 0.25) is 0 Å². The first-order valence-corrected chi connectivity index (χ1v) is 9.16. The summed E-state index contributed by atoms with van der Waals surface area (Å²) in [6, 6.07) is 16.8. The molecule has 0 aliphatic heterocycles. The Hall–Kier alpha value is -3.42. The van der Waals surface area contributed by atoms with Crippen LogP contribution < -0.4 is 15.4 Å². The zero-order chi connectivity index (χ0) is 20.5. The molecule has 0 amide bonds. The first-order chi connectivity index (χ1) is 14.1. The lowest BCUT2D eigenvalue weighted by atomic mass is 10.1. The van der Waals surface area contributed by atoms with Crippen molar-refractivity contribution in [3.8, 4) is 5.75 Å². The van der Waals surface area contributed by atoms with Crippen LogP contribution in [0.15, 0.2) is 72.0 Å². The highest BCUT2D eigenvalue weighted by Crippen LogP contribution is 2.19. The molecule has 0 saturated carbocycles. The summed E-state index contributed by atoms with van der Waals surface area (Å²) in [5.74, 6) is 0.714. The maximum Gasteiger partial charge on any atom is 0.387 e. The van der Waals surface area contributed by atoms with Gasteiger partial charge in [-0.1, -0.05) is 42.5 Å². The van der Waals surface area contributed by atoms with Gasteiger partial charge in [0.1, 0.15) is 5.75 Å². The van der Waals surface area contributed by atoms with Gasteiger partial charge >= 0.3 is 6.61 Å². The first-order valence-electron chi connectivity index (χ1n) is 9.16. The van der Waals surface area contributed by atoms with Gasteiger partial charge in [-0.15, -0.1) is 0 Å². The summed E-state index contributed by atoms with van der Waals surface area (Å²) < 4.78 is 31.5. The molecule has 0 bridgehead atoms. The van der Waals surface area contributed by atoms with Crippen LogP contribution in [0.4, 0.5) is 8.78 Å². The highest BCUT2D eigenvalue weighted by molar-refractivity contribution is 5.79. The van der Waals surface area contributed by atoms with Gasteiger partial charge in [-0.25, -0.2) is 0 Å². The number of hydrogen-bond donors (Lipinski definition) is 2. The Bertz CT molecular complexity index is 928. The number of nitrogens with zero attached hydrogens (tertiary/aromatic N) is 3. The molecule has 0 spiro atoms. The van der Waals surface area contributed by atoms with Gasteiger partial charge in [0.15, 0.2) is 5.96 Å². The zero-order valence-corrected chi connectivity index (χ0v) is 16.1. The second kappa shape index (κ2) is 10.2. The van der Waals surface area contributed by atoms with Crippen molar-refractivity contribution >= 4 is 5.96 Å². The van der Waals surface area contributed by atoms with E-state index >= 15 is 0 Å². The van der Waals surface area contributed by atoms with Gasteiger partial charge in [-0.3, -0.25) is 9.67 Å². The topological polar surface area (TPSA) is 63.5 Å². The highest BCUT2D eigenvalue weighted by Gasteiger charge is 2.09. The third kappa shape index (κ3) is 6.31. The van der Waals surface area contributed by atoms with Crippen LogP contribution in [0.2, 0.25) is 0 Å². The molecule has 6 nitrogen and oxygen atoms in total. The second-order valence-corrected chi connectivity index (χ2v) is 6.29. The fourth-order valence-electron chi connectivity index (χ4n) is 2.87. The lowest BCUT2D eigenvalue weighted by molar-refractivity contribution is -0.0504. The molecule has 0 fully saturated rings. The third-order valence-corrected chi connectivity index (χ3v) is 4.21. The summed E-state index contributed by atoms with van der Waals surface area (Å²) in [5.41, 5.74) is 2.87. The Morgan fingerprint density at radius 2 is 1.86 bits per heavy atom. The Morgan fingerprint density at radius 1 is 1.07 bits per heavy atom. The van der Waals surface area contributed by atoms with Crippen LogP contribution in [0.3, 0.4) is 0 Å². The van der Waals surface area contributed by atoms with Crippen LogP contribution in [0.25, 0.3) is 0 Å². The van der Waals surface area contributed by atoms with Gasteiger partial charge in [-0.05, 0) is 23.3 Å². The summed E-state index contributed by atoms with van der Waals surface area (Å²) in [5, 5.41) is 10.6. The van der Waals surface area contributed by atoms with Crippen LogP contribution in [-0.2, 0) is 19.6 Å². The molecule has 0 unspecified atom stereocenters. The fraction of sp³-hybridized carbons (Fsp3) is 0.238. The van der Waals surface area contributed by atoms with Crippen LogP contribution in [0.1, 0.15) is 16.7 Å². The van der Waals surface area contributed by atoms with E-state index in [0.717, 1.165) is 11.1 Å². The van der Waals surface area contributed by atoms with Crippen molar-refractivity contribution in [3.05, 3.63) is 83.7 Å². The average molecular weight is 399 g/mol. The van der Waals surface area contributed by atoms with E-state index in [0.29, 0.717) is 31.2 Å². The summed E-state index contributed by atoms with van der Waals surface area (Å²) >= 11 is 0. The van der Waals surface area contributed by atoms with Gasteiger partial charge in [0.05, 0.1) is 6.54 Å². The van der Waals surface area contributed by atoms with E-state index in [9.17, 15) is 8.78 Å². The van der Waals surface area contributed by atoms with Crippen LogP contribution in [0, 0.1) is 0 Å². The molecule has 2 aromatic carbocycles. The summed E-state index contributed by atoms with van der Waals surface area (Å²) in [4.78, 5) is 4.18. The number of rotatable bonds is 8. The van der Waals surface area contributed by atoms with Crippen LogP contribution >= 0.6 is 0 Å². The van der Waals surface area contributed by atoms with E-state index < -0.39 is 6.61 Å². The molecule has 3 rings (SSSR count). The van der Waals surface area contributed by atoms with Crippen molar-refractivity contribution in [2.24, 2.45) is 4.99 Å². The quantitative estimate of drug-likeness (QED) is 0.450. The van der Waals surface area contributed by atoms with Crippen LogP contribution in [-0.4, -0.2) is 29.4 Å². The normalized spacial score (nSPS) is 11.5. The van der Waals surface area contributed by atoms with Gasteiger partial charge in [-0.2, -0.15) is 13.9 Å². The fourth-order valence-corrected chi connectivity index (χ4v) is 2.87. The lowest BCUT2D eigenvalue weighted by Crippen LogP contribution is -2.36. The minimum absolute atomic E-state index is 0.150. The van der Waals surface area contributed by atoms with Crippen molar-refractivity contribution < 1.29 is 13.5 Å². The van der Waals surface area contributed by atoms with Crippen molar-refractivity contribution in [3.63, 3.8) is 0 Å². The maximum atomic E-state index is 12.5. The van der Waals surface area contributed by atoms with Crippen molar-refractivity contribution in [2.75, 3.05) is 7.05 Å². The number of hydrogen-bond acceptors (Lipinski definition) is 3. The number of aromatic nitrogens is 2. The summed E-state index contributed by atoms with van der Waals surface area (Å²) in [6.07, 6.45) is 3.68. The third-order valence-electron chi connectivity index (χ3n) is 4.21. The Kier molecular flexibility index (Phi) is 7.16. The molecule has 0 aliphatic rings. The molecule has 0 aliphatic carbocycles. The Balaban J connectivity index is 1.55. The largest absolute Gasteiger partial charge is 0.434 e. The number of alkyl halides is 2. The Morgan fingerprint density at radius 3 is 2.62 bits per heavy atom. The number of aliphatic imine (C=N–C) groups is 1. The van der Waals surface area contributed by atoms with Gasteiger partial charge in [0, 0.05) is 38.1 Å². The van der Waals surface area contributed by atoms with Crippen molar-refractivity contribution in [1.29, 1.82) is 0 Å². The van der Waals surface area contributed by atoms with Gasteiger partial charge in [0.25, 0.3) is 0 Å². The zero-order valence-electron chi connectivity index (χ0n) is 16.1. The standard InChI is InChI=1S/C21H23F2N5O/c1-24-21(26-14-18-8-2-3-9-19(18)29-20(22)23)25-13-16-6-4-7-17(12-16)15-28-11-5-10-27-28/h2-12,20H,13-15H2,1H3,(H2,24,25,26). The van der Waals surface area contributed by atoms with E-state index in [-0.39, 0.29) is 5.75 Å². The molecule has 0 atom stereocenters. The van der Waals surface area contributed by atoms with Crippen molar-refractivity contribution in [1.82, 2.24) is 20.4 Å². The molecule has 3 aromatic rings. The minimum atomic E-state index is -2.86. The van der Waals surface area contributed by atoms with E-state index in [1.165, 1.54) is 6.07 Å². The monoisotopic (exact) mass is 399 g/mol. The molecule has 8 heteroatoms. The summed E-state index contributed by atoms with van der Waals surface area (Å²) in [7, 11) is 1.66. The minimum Gasteiger partial charge on any atom is -0.434 e. The maximum absolute atomic E-state index is 12.5. The molecule has 152 valence electrons. The first kappa shape index (κ1) is 20.3. The number of guanidine groups is 1. The van der Waals surface area contributed by atoms with E-state index in [1.54, 1.807) is 31.4 Å². The Labute approximate surface area is 168 Å². The van der Waals surface area contributed by atoms with E-state index in [2.05, 4.69) is 37.6 Å². The van der Waals surface area contributed by atoms with Gasteiger partial charge < -0.3 is 15.4 Å². The predicted octanol–water partition coefficient (Wildman–Crippen LogP) is 3.40. The second-order valence-electron chi connectivity index (χ2n) is 6.29. The van der Waals surface area contributed by atoms with E-state index in [4.69, 9.17) is 0 Å². The van der Waals surface area contributed by atoms with Crippen molar-refractivity contribution in [2.45, 2.75) is 26.2 Å². The number of para-hydroxylation sites is 1. The average Bonchev–Trinajstić information content (AvgIpc) is 3.22. The lowest BCUT2D eigenvalue weighted by Gasteiger charge is -2.15. The highest BCUT2D eigenvalue weighted by atomic mass is 19.3. The molecular formula is C21H23F2N5O. The molecule has 2 N–H and O–H groups in total. The molecule has 0 saturated heterocycles. The molecule has 29 heavy (non-hydrogen) atoms. The number of benzene rings is 2. The smallest absolute Gasteiger partial charge is 0.387 e. The number of nitrogens with one attached hydrogen (secondary N) is 2. The number of halogens is 2. The SMILES string of the molecule is CN=C(NCc1cccc(Cn2cccn2)c1)NCc1ccccc1OC(F)F. The van der Waals surface area contributed by atoms with E-state index in [1.807, 2.05) is 29.1 Å². The number of ether oxygens (including phenoxy) is 1. The predicted molar refractivity (Wildman–Crippen MR) is 108 cm³/mol. The van der Waals surface area contributed by atoms with Crippen LogP contribution in [0.5, 0.6) is 5.75 Å². The summed E-state index contributed by atoms with van der Waals surface area (Å²) in [6.45, 7) is -1.28. The molecule has 1 heterocycles. The molecule has 1 aromatic heterocycles. The molecule has 0 radical (unpaired) electrons.